The molecule has 0 amide bonds. The van der Waals surface area contributed by atoms with Gasteiger partial charge >= 0.3 is 0 Å². The van der Waals surface area contributed by atoms with Gasteiger partial charge in [0.2, 0.25) is 0 Å². The molecule has 1 aliphatic heterocycles. The fourth-order valence-corrected chi connectivity index (χ4v) is 1.20. The average molecular weight is 147 g/mol. The molecule has 54 valence electrons. The van der Waals surface area contributed by atoms with E-state index < -0.39 is 0 Å². The van der Waals surface area contributed by atoms with Crippen LogP contribution in [-0.2, 0) is 4.74 Å². The van der Waals surface area contributed by atoms with Gasteiger partial charge in [0.15, 0.2) is 0 Å². The van der Waals surface area contributed by atoms with Gasteiger partial charge in [0.25, 0.3) is 0 Å². The fraction of sp³-hybridized carbons (Fsp3) is 1.00. The first-order valence-electron chi connectivity index (χ1n) is 3.24. The Bertz CT molecular complexity index is 89.1. The van der Waals surface area contributed by atoms with Crippen molar-refractivity contribution in [2.45, 2.75) is 6.10 Å². The summed E-state index contributed by atoms with van der Waals surface area (Å²) < 4.78 is 5.38. The standard InChI is InChI=1S/C6H13NOS/c1-7-2-3-8-6(4-7)5-9/h6,9H,2-5H2,1H3/t6-/m0/s1. The predicted octanol–water partition coefficient (Wildman–Crippen LogP) is 0.247. The molecule has 0 saturated carbocycles. The van der Waals surface area contributed by atoms with Crippen molar-refractivity contribution < 1.29 is 4.74 Å². The molecule has 0 spiro atoms. The molecule has 1 aliphatic rings. The zero-order valence-corrected chi connectivity index (χ0v) is 6.60. The van der Waals surface area contributed by atoms with Crippen LogP contribution in [0.1, 0.15) is 0 Å². The van der Waals surface area contributed by atoms with Crippen LogP contribution in [0.15, 0.2) is 0 Å². The first-order valence-corrected chi connectivity index (χ1v) is 3.87. The number of likely N-dealkylation sites (N-methyl/N-ethyl adjacent to an activating group) is 1. The second-order valence-electron chi connectivity index (χ2n) is 2.44. The van der Waals surface area contributed by atoms with E-state index in [-0.39, 0.29) is 0 Å². The van der Waals surface area contributed by atoms with Gasteiger partial charge in [0.1, 0.15) is 0 Å². The van der Waals surface area contributed by atoms with E-state index in [4.69, 9.17) is 4.74 Å². The van der Waals surface area contributed by atoms with Crippen molar-refractivity contribution in [3.05, 3.63) is 0 Å². The van der Waals surface area contributed by atoms with Gasteiger partial charge in [-0.25, -0.2) is 0 Å². The molecule has 2 nitrogen and oxygen atoms in total. The first-order chi connectivity index (χ1) is 4.33. The van der Waals surface area contributed by atoms with Crippen molar-refractivity contribution in [1.29, 1.82) is 0 Å². The summed E-state index contributed by atoms with van der Waals surface area (Å²) in [7, 11) is 2.11. The Balaban J connectivity index is 2.23. The lowest BCUT2D eigenvalue weighted by atomic mass is 10.3. The van der Waals surface area contributed by atoms with Crippen molar-refractivity contribution in [3.8, 4) is 0 Å². The third-order valence-electron chi connectivity index (χ3n) is 1.55. The highest BCUT2D eigenvalue weighted by Gasteiger charge is 2.14. The number of ether oxygens (including phenoxy) is 1. The van der Waals surface area contributed by atoms with E-state index >= 15 is 0 Å². The van der Waals surface area contributed by atoms with E-state index in [9.17, 15) is 0 Å². The molecule has 1 saturated heterocycles. The first kappa shape index (κ1) is 7.38. The quantitative estimate of drug-likeness (QED) is 0.534. The van der Waals surface area contributed by atoms with Gasteiger partial charge < -0.3 is 9.64 Å². The normalized spacial score (nSPS) is 30.7. The summed E-state index contributed by atoms with van der Waals surface area (Å²) in [5.74, 6) is 0.838. The Labute approximate surface area is 61.6 Å². The Morgan fingerprint density at radius 1 is 1.78 bits per heavy atom. The van der Waals surface area contributed by atoms with Crippen molar-refractivity contribution in [2.75, 3.05) is 32.5 Å². The molecule has 0 unspecified atom stereocenters. The lowest BCUT2D eigenvalue weighted by molar-refractivity contribution is -0.00580. The van der Waals surface area contributed by atoms with Crippen LogP contribution >= 0.6 is 12.6 Å². The summed E-state index contributed by atoms with van der Waals surface area (Å²) >= 11 is 4.15. The predicted molar refractivity (Wildman–Crippen MR) is 41.1 cm³/mol. The van der Waals surface area contributed by atoms with E-state index in [0.29, 0.717) is 6.10 Å². The Morgan fingerprint density at radius 2 is 2.56 bits per heavy atom. The Kier molecular flexibility index (Phi) is 2.82. The van der Waals surface area contributed by atoms with E-state index in [2.05, 4.69) is 24.6 Å². The van der Waals surface area contributed by atoms with E-state index in [1.807, 2.05) is 0 Å². The van der Waals surface area contributed by atoms with Gasteiger partial charge in [-0.2, -0.15) is 12.6 Å². The number of hydrogen-bond donors (Lipinski definition) is 1. The Hall–Kier alpha value is 0.270. The lowest BCUT2D eigenvalue weighted by Crippen LogP contribution is -2.40. The summed E-state index contributed by atoms with van der Waals surface area (Å²) in [6, 6.07) is 0. The molecular formula is C6H13NOS. The van der Waals surface area contributed by atoms with Gasteiger partial charge in [-0.05, 0) is 7.05 Å². The SMILES string of the molecule is CN1CCO[C@H](CS)C1. The van der Waals surface area contributed by atoms with Crippen molar-refractivity contribution >= 4 is 12.6 Å². The van der Waals surface area contributed by atoms with E-state index in [1.165, 1.54) is 0 Å². The van der Waals surface area contributed by atoms with Gasteiger partial charge in [-0.1, -0.05) is 0 Å². The van der Waals surface area contributed by atoms with Gasteiger partial charge in [-0.3, -0.25) is 0 Å². The summed E-state index contributed by atoms with van der Waals surface area (Å²) in [6.45, 7) is 2.95. The van der Waals surface area contributed by atoms with E-state index in [0.717, 1.165) is 25.4 Å². The number of rotatable bonds is 1. The molecule has 0 aromatic rings. The molecular weight excluding hydrogens is 134 g/mol. The molecule has 1 rings (SSSR count). The van der Waals surface area contributed by atoms with Crippen LogP contribution in [0.2, 0.25) is 0 Å². The maximum absolute atomic E-state index is 5.38. The molecule has 1 fully saturated rings. The minimum absolute atomic E-state index is 0.354. The minimum Gasteiger partial charge on any atom is -0.375 e. The maximum atomic E-state index is 5.38. The molecule has 1 heterocycles. The molecule has 0 radical (unpaired) electrons. The number of nitrogens with zero attached hydrogens (tertiary/aromatic N) is 1. The monoisotopic (exact) mass is 147 g/mol. The summed E-state index contributed by atoms with van der Waals surface area (Å²) in [5, 5.41) is 0. The molecule has 0 aromatic carbocycles. The highest BCUT2D eigenvalue weighted by atomic mass is 32.1. The molecule has 9 heavy (non-hydrogen) atoms. The van der Waals surface area contributed by atoms with Crippen LogP contribution in [0.4, 0.5) is 0 Å². The van der Waals surface area contributed by atoms with Crippen LogP contribution in [0, 0.1) is 0 Å². The van der Waals surface area contributed by atoms with Gasteiger partial charge in [0.05, 0.1) is 12.7 Å². The van der Waals surface area contributed by atoms with E-state index in [1.54, 1.807) is 0 Å². The zero-order valence-electron chi connectivity index (χ0n) is 5.71. The molecule has 0 aliphatic carbocycles. The van der Waals surface area contributed by atoms with Gasteiger partial charge in [0, 0.05) is 18.8 Å². The van der Waals surface area contributed by atoms with Crippen LogP contribution < -0.4 is 0 Å². The van der Waals surface area contributed by atoms with Crippen LogP contribution in [0.25, 0.3) is 0 Å². The average Bonchev–Trinajstić information content (AvgIpc) is 1.88. The minimum atomic E-state index is 0.354. The summed E-state index contributed by atoms with van der Waals surface area (Å²) in [4.78, 5) is 2.27. The molecule has 3 heteroatoms. The number of morpholine rings is 1. The third kappa shape index (κ3) is 2.16. The van der Waals surface area contributed by atoms with Gasteiger partial charge in [-0.15, -0.1) is 0 Å². The van der Waals surface area contributed by atoms with Crippen LogP contribution in [-0.4, -0.2) is 43.5 Å². The number of hydrogen-bond acceptors (Lipinski definition) is 3. The Morgan fingerprint density at radius 3 is 3.00 bits per heavy atom. The lowest BCUT2D eigenvalue weighted by Gasteiger charge is -2.28. The molecule has 0 N–H and O–H groups in total. The van der Waals surface area contributed by atoms with Crippen LogP contribution in [0.3, 0.4) is 0 Å². The topological polar surface area (TPSA) is 12.5 Å². The third-order valence-corrected chi connectivity index (χ3v) is 1.95. The number of thiol groups is 1. The fourth-order valence-electron chi connectivity index (χ4n) is 0.977. The van der Waals surface area contributed by atoms with Crippen molar-refractivity contribution in [1.82, 2.24) is 4.90 Å². The van der Waals surface area contributed by atoms with Crippen LogP contribution in [0.5, 0.6) is 0 Å². The zero-order chi connectivity index (χ0) is 6.69. The summed E-state index contributed by atoms with van der Waals surface area (Å²) in [6.07, 6.45) is 0.354. The highest BCUT2D eigenvalue weighted by molar-refractivity contribution is 7.80. The largest absolute Gasteiger partial charge is 0.375 e. The molecule has 1 atom stereocenters. The smallest absolute Gasteiger partial charge is 0.0790 e. The molecule has 0 aromatic heterocycles. The second-order valence-corrected chi connectivity index (χ2v) is 2.80. The van der Waals surface area contributed by atoms with Crippen molar-refractivity contribution in [3.63, 3.8) is 0 Å². The highest BCUT2D eigenvalue weighted by Crippen LogP contribution is 2.03. The summed E-state index contributed by atoms with van der Waals surface area (Å²) in [5.41, 5.74) is 0. The van der Waals surface area contributed by atoms with Crippen molar-refractivity contribution in [2.24, 2.45) is 0 Å². The maximum Gasteiger partial charge on any atom is 0.0790 e. The second kappa shape index (κ2) is 3.44. The molecule has 0 bridgehead atoms.